The predicted octanol–water partition coefficient (Wildman–Crippen LogP) is 1.82. The molecule has 5 nitrogen and oxygen atoms in total. The lowest BCUT2D eigenvalue weighted by Crippen LogP contribution is -2.34. The first kappa shape index (κ1) is 11.9. The van der Waals surface area contributed by atoms with E-state index in [1.807, 2.05) is 37.3 Å². The largest absolute Gasteiger partial charge is 0.461 e. The van der Waals surface area contributed by atoms with Gasteiger partial charge >= 0.3 is 5.97 Å². The van der Waals surface area contributed by atoms with Crippen LogP contribution in [0.3, 0.4) is 0 Å². The quantitative estimate of drug-likeness (QED) is 0.851. The van der Waals surface area contributed by atoms with Crippen LogP contribution in [0.25, 0.3) is 0 Å². The Kier molecular flexibility index (Phi) is 2.81. The van der Waals surface area contributed by atoms with Crippen molar-refractivity contribution in [3.8, 4) is 0 Å². The number of nitrogens with one attached hydrogen (secondary N) is 1. The summed E-state index contributed by atoms with van der Waals surface area (Å²) in [5.41, 5.74) is 0.0472. The van der Waals surface area contributed by atoms with E-state index in [9.17, 15) is 4.79 Å². The van der Waals surface area contributed by atoms with E-state index in [2.05, 4.69) is 15.2 Å². The molecule has 1 fully saturated rings. The van der Waals surface area contributed by atoms with Crippen LogP contribution < -0.4 is 0 Å². The summed E-state index contributed by atoms with van der Waals surface area (Å²) in [7, 11) is 0. The molecule has 3 rings (SSSR count). The van der Waals surface area contributed by atoms with Gasteiger partial charge in [0.2, 0.25) is 0 Å². The Morgan fingerprint density at radius 1 is 1.42 bits per heavy atom. The number of hydrogen-bond donors (Lipinski definition) is 1. The number of carbonyl (C=O) groups excluding carboxylic acids is 1. The van der Waals surface area contributed by atoms with Gasteiger partial charge in [-0.25, -0.2) is 4.98 Å². The topological polar surface area (TPSA) is 67.9 Å². The van der Waals surface area contributed by atoms with Gasteiger partial charge in [0.05, 0.1) is 0 Å². The third kappa shape index (κ3) is 1.73. The Balaban J connectivity index is 2.15. The highest BCUT2D eigenvalue weighted by molar-refractivity contribution is 5.88. The number of aromatic amines is 1. The van der Waals surface area contributed by atoms with Gasteiger partial charge in [0.1, 0.15) is 18.3 Å². The smallest absolute Gasteiger partial charge is 0.324 e. The summed E-state index contributed by atoms with van der Waals surface area (Å²) in [5.74, 6) is 0.307. The molecule has 0 saturated carbocycles. The van der Waals surface area contributed by atoms with E-state index in [-0.39, 0.29) is 12.1 Å². The highest BCUT2D eigenvalue weighted by Gasteiger charge is 2.53. The minimum Gasteiger partial charge on any atom is -0.461 e. The Hall–Kier alpha value is -2.17. The van der Waals surface area contributed by atoms with Crippen LogP contribution >= 0.6 is 0 Å². The molecule has 19 heavy (non-hydrogen) atoms. The molecule has 5 heteroatoms. The summed E-state index contributed by atoms with van der Waals surface area (Å²) in [6, 6.07) is 9.62. The maximum Gasteiger partial charge on any atom is 0.324 e. The van der Waals surface area contributed by atoms with Gasteiger partial charge < -0.3 is 4.74 Å². The van der Waals surface area contributed by atoms with Crippen molar-refractivity contribution in [1.82, 2.24) is 15.2 Å². The summed E-state index contributed by atoms with van der Waals surface area (Å²) in [5, 5.41) is 6.71. The molecule has 0 spiro atoms. The number of nitrogens with zero attached hydrogens (tertiary/aromatic N) is 2. The van der Waals surface area contributed by atoms with Crippen molar-refractivity contribution < 1.29 is 9.53 Å². The van der Waals surface area contributed by atoms with Crippen LogP contribution in [0, 0.1) is 0 Å². The number of aromatic nitrogens is 3. The molecule has 0 bridgehead atoms. The van der Waals surface area contributed by atoms with Gasteiger partial charge in [-0.3, -0.25) is 9.89 Å². The fraction of sp³-hybridized carbons (Fsp3) is 0.357. The summed E-state index contributed by atoms with van der Waals surface area (Å²) < 4.78 is 5.48. The van der Waals surface area contributed by atoms with E-state index in [0.29, 0.717) is 12.2 Å². The molecule has 1 aromatic carbocycles. The van der Waals surface area contributed by atoms with Crippen LogP contribution in [0.5, 0.6) is 0 Å². The van der Waals surface area contributed by atoms with Crippen molar-refractivity contribution in [3.63, 3.8) is 0 Å². The Morgan fingerprint density at radius 3 is 2.79 bits per heavy atom. The predicted molar refractivity (Wildman–Crippen MR) is 68.4 cm³/mol. The first-order chi connectivity index (χ1) is 9.27. The molecular formula is C14H15N3O2. The molecule has 0 amide bonds. The number of esters is 1. The molecule has 1 aliphatic rings. The molecule has 2 aromatic rings. The van der Waals surface area contributed by atoms with Crippen LogP contribution in [0.4, 0.5) is 0 Å². The van der Waals surface area contributed by atoms with Crippen LogP contribution in [0.2, 0.25) is 0 Å². The number of hydrogen-bond acceptors (Lipinski definition) is 4. The van der Waals surface area contributed by atoms with E-state index >= 15 is 0 Å². The number of cyclic esters (lactones) is 1. The van der Waals surface area contributed by atoms with Crippen molar-refractivity contribution >= 4 is 5.97 Å². The third-order valence-corrected chi connectivity index (χ3v) is 3.70. The van der Waals surface area contributed by atoms with Crippen LogP contribution in [0.15, 0.2) is 36.7 Å². The Morgan fingerprint density at radius 2 is 2.21 bits per heavy atom. The maximum atomic E-state index is 12.5. The first-order valence-electron chi connectivity index (χ1n) is 6.40. The molecule has 98 valence electrons. The lowest BCUT2D eigenvalue weighted by atomic mass is 9.77. The maximum absolute atomic E-state index is 12.5. The van der Waals surface area contributed by atoms with Crippen molar-refractivity contribution in [2.24, 2.45) is 0 Å². The zero-order valence-electron chi connectivity index (χ0n) is 10.7. The highest BCUT2D eigenvalue weighted by atomic mass is 16.6. The van der Waals surface area contributed by atoms with Gasteiger partial charge in [0.25, 0.3) is 0 Å². The second kappa shape index (κ2) is 4.50. The summed E-state index contributed by atoms with van der Waals surface area (Å²) in [6.45, 7) is 2.01. The zero-order valence-corrected chi connectivity index (χ0v) is 10.7. The van der Waals surface area contributed by atoms with Crippen LogP contribution in [-0.2, 0) is 14.9 Å². The highest BCUT2D eigenvalue weighted by Crippen LogP contribution is 2.42. The van der Waals surface area contributed by atoms with Gasteiger partial charge in [-0.05, 0) is 12.0 Å². The van der Waals surface area contributed by atoms with E-state index in [1.54, 1.807) is 0 Å². The molecule has 1 saturated heterocycles. The molecule has 2 heterocycles. The average molecular weight is 257 g/mol. The van der Waals surface area contributed by atoms with E-state index < -0.39 is 5.41 Å². The second-order valence-corrected chi connectivity index (χ2v) is 4.75. The summed E-state index contributed by atoms with van der Waals surface area (Å²) >= 11 is 0. The lowest BCUT2D eigenvalue weighted by Gasteiger charge is -2.22. The second-order valence-electron chi connectivity index (χ2n) is 4.75. The number of H-pyrrole nitrogens is 1. The minimum absolute atomic E-state index is 0.0715. The zero-order chi connectivity index (χ0) is 13.3. The first-order valence-corrected chi connectivity index (χ1v) is 6.40. The van der Waals surface area contributed by atoms with Crippen LogP contribution in [-0.4, -0.2) is 27.3 Å². The van der Waals surface area contributed by atoms with Gasteiger partial charge in [0.15, 0.2) is 5.41 Å². The number of rotatable bonds is 3. The van der Waals surface area contributed by atoms with Gasteiger partial charge in [0, 0.05) is 6.42 Å². The van der Waals surface area contributed by atoms with Gasteiger partial charge in [-0.2, -0.15) is 5.10 Å². The molecule has 1 N–H and O–H groups in total. The molecule has 1 aliphatic heterocycles. The standard InChI is InChI=1S/C14H15N3O2/c1-2-11-8-14(13(18)19-11,12-15-9-16-17-12)10-6-4-3-5-7-10/h3-7,9,11H,2,8H2,1H3,(H,15,16,17). The molecule has 2 atom stereocenters. The lowest BCUT2D eigenvalue weighted by molar-refractivity contribution is -0.144. The number of carbonyl (C=O) groups is 1. The minimum atomic E-state index is -0.849. The molecule has 0 radical (unpaired) electrons. The van der Waals surface area contributed by atoms with Crippen molar-refractivity contribution in [1.29, 1.82) is 0 Å². The summed E-state index contributed by atoms with van der Waals surface area (Å²) in [6.07, 6.45) is 2.75. The number of benzene rings is 1. The fourth-order valence-corrected chi connectivity index (χ4v) is 2.65. The third-order valence-electron chi connectivity index (χ3n) is 3.70. The molecule has 1 aromatic heterocycles. The average Bonchev–Trinajstić information content (AvgIpc) is 3.08. The van der Waals surface area contributed by atoms with E-state index in [0.717, 1.165) is 12.0 Å². The molecule has 2 unspecified atom stereocenters. The molecular weight excluding hydrogens is 242 g/mol. The summed E-state index contributed by atoms with van der Waals surface area (Å²) in [4.78, 5) is 16.7. The Labute approximate surface area is 111 Å². The fourth-order valence-electron chi connectivity index (χ4n) is 2.65. The SMILES string of the molecule is CCC1CC(c2ccccc2)(c2ncn[nH]2)C(=O)O1. The van der Waals surface area contributed by atoms with Crippen molar-refractivity contribution in [2.45, 2.75) is 31.3 Å². The molecule has 0 aliphatic carbocycles. The normalized spacial score (nSPS) is 26.4. The van der Waals surface area contributed by atoms with Gasteiger partial charge in [-0.15, -0.1) is 0 Å². The number of ether oxygens (including phenoxy) is 1. The van der Waals surface area contributed by atoms with E-state index in [1.165, 1.54) is 6.33 Å². The van der Waals surface area contributed by atoms with Crippen molar-refractivity contribution in [2.75, 3.05) is 0 Å². The van der Waals surface area contributed by atoms with Gasteiger partial charge in [-0.1, -0.05) is 37.3 Å². The van der Waals surface area contributed by atoms with Crippen molar-refractivity contribution in [3.05, 3.63) is 48.0 Å². The van der Waals surface area contributed by atoms with E-state index in [4.69, 9.17) is 4.74 Å². The Bertz CT molecular complexity index is 568. The van der Waals surface area contributed by atoms with Crippen LogP contribution in [0.1, 0.15) is 31.2 Å². The monoisotopic (exact) mass is 257 g/mol.